The van der Waals surface area contributed by atoms with Gasteiger partial charge < -0.3 is 16.0 Å². The molecule has 10 nitrogen and oxygen atoms in total. The number of hydrogen-bond acceptors (Lipinski definition) is 6. The average molecular weight is 550 g/mol. The number of nitrogens with zero attached hydrogens (tertiary/aromatic N) is 3. The summed E-state index contributed by atoms with van der Waals surface area (Å²) in [5.74, 6) is -4.26. The van der Waals surface area contributed by atoms with Gasteiger partial charge in [0.15, 0.2) is 11.6 Å². The quantitative estimate of drug-likeness (QED) is 0.228. The van der Waals surface area contributed by atoms with Gasteiger partial charge in [-0.25, -0.2) is 18.2 Å². The molecule has 0 fully saturated rings. The Labute approximate surface area is 215 Å². The van der Waals surface area contributed by atoms with Gasteiger partial charge in [-0.05, 0) is 6.07 Å². The third-order valence-electron chi connectivity index (χ3n) is 6.23. The number of benzene rings is 2. The highest BCUT2D eigenvalue weighted by Gasteiger charge is 2.42. The summed E-state index contributed by atoms with van der Waals surface area (Å²) in [5, 5.41) is 3.47. The van der Waals surface area contributed by atoms with Gasteiger partial charge in [-0.1, -0.05) is 0 Å². The van der Waals surface area contributed by atoms with Crippen LogP contribution in [-0.2, 0) is 15.0 Å². The minimum absolute atomic E-state index is 0.0809. The van der Waals surface area contributed by atoms with Gasteiger partial charge in [0, 0.05) is 66.8 Å². The Morgan fingerprint density at radius 2 is 1.74 bits per heavy atom. The van der Waals surface area contributed by atoms with Crippen LogP contribution in [0.3, 0.4) is 0 Å². The number of amides is 1. The first-order valence-electron chi connectivity index (χ1n) is 11.2. The minimum Gasteiger partial charge on any atom is -0.369 e. The summed E-state index contributed by atoms with van der Waals surface area (Å²) in [7, 11) is 0.135. The Morgan fingerprint density at radius 1 is 1.08 bits per heavy atom. The second kappa shape index (κ2) is 9.70. The van der Waals surface area contributed by atoms with Crippen molar-refractivity contribution in [1.29, 1.82) is 0 Å². The van der Waals surface area contributed by atoms with E-state index in [9.17, 15) is 31.2 Å². The fourth-order valence-corrected chi connectivity index (χ4v) is 5.56. The summed E-state index contributed by atoms with van der Waals surface area (Å²) in [5.41, 5.74) is 4.68. The number of carbonyl (C=O) groups excluding carboxylic acids is 1. The number of nitrogens with two attached hydrogens (primary N) is 1. The maximum atomic E-state index is 14.3. The van der Waals surface area contributed by atoms with Crippen LogP contribution in [0, 0.1) is 17.5 Å². The molecular weight excluding hydrogens is 525 g/mol. The van der Waals surface area contributed by atoms with Crippen molar-refractivity contribution in [3.8, 4) is 0 Å². The van der Waals surface area contributed by atoms with E-state index in [0.29, 0.717) is 28.4 Å². The summed E-state index contributed by atoms with van der Waals surface area (Å²) in [4.78, 5) is 30.6. The van der Waals surface area contributed by atoms with Crippen LogP contribution >= 0.6 is 0 Å². The zero-order valence-corrected chi connectivity index (χ0v) is 21.4. The van der Waals surface area contributed by atoms with Gasteiger partial charge >= 0.3 is 10.2 Å². The topological polar surface area (TPSA) is 138 Å². The lowest BCUT2D eigenvalue weighted by molar-refractivity contribution is -0.118. The van der Waals surface area contributed by atoms with Crippen molar-refractivity contribution in [3.63, 3.8) is 0 Å². The molecule has 200 valence electrons. The lowest BCUT2D eigenvalue weighted by Gasteiger charge is -2.34. The van der Waals surface area contributed by atoms with E-state index in [-0.39, 0.29) is 29.9 Å². The first kappa shape index (κ1) is 27.0. The van der Waals surface area contributed by atoms with Crippen molar-refractivity contribution in [2.75, 3.05) is 33.0 Å². The molecule has 0 spiro atoms. The Kier molecular flexibility index (Phi) is 6.90. The number of quaternary nitrogens is 1. The van der Waals surface area contributed by atoms with E-state index in [1.165, 1.54) is 39.5 Å². The first-order chi connectivity index (χ1) is 17.7. The number of rotatable bonds is 8. The van der Waals surface area contributed by atoms with Gasteiger partial charge in [0.25, 0.3) is 0 Å². The lowest BCUT2D eigenvalue weighted by Crippen LogP contribution is -2.56. The molecule has 0 aliphatic heterocycles. The van der Waals surface area contributed by atoms with Gasteiger partial charge in [-0.2, -0.15) is 16.6 Å². The number of aromatic amines is 1. The maximum Gasteiger partial charge on any atom is 0.376 e. The molecule has 0 bridgehead atoms. The molecule has 0 saturated carbocycles. The van der Waals surface area contributed by atoms with Crippen molar-refractivity contribution in [2.24, 2.45) is 5.73 Å². The highest BCUT2D eigenvalue weighted by atomic mass is 32.2. The Balaban J connectivity index is 1.97. The normalized spacial score (nSPS) is 13.7. The van der Waals surface area contributed by atoms with Crippen LogP contribution in [-0.4, -0.2) is 56.3 Å². The van der Waals surface area contributed by atoms with E-state index in [4.69, 9.17) is 5.73 Å². The van der Waals surface area contributed by atoms with Gasteiger partial charge in [-0.3, -0.25) is 9.59 Å². The summed E-state index contributed by atoms with van der Waals surface area (Å²) < 4.78 is 69.1. The summed E-state index contributed by atoms with van der Waals surface area (Å²) >= 11 is 0. The zero-order chi connectivity index (χ0) is 28.0. The van der Waals surface area contributed by atoms with E-state index < -0.39 is 48.7 Å². The largest absolute Gasteiger partial charge is 0.376 e. The lowest BCUT2D eigenvalue weighted by atomic mass is 10.1. The van der Waals surface area contributed by atoms with E-state index in [2.05, 4.69) is 15.3 Å². The van der Waals surface area contributed by atoms with Crippen LogP contribution in [0.15, 0.2) is 47.4 Å². The number of carbonyl (C=O) groups is 1. The van der Waals surface area contributed by atoms with Crippen LogP contribution in [0.1, 0.15) is 6.42 Å². The second-order valence-corrected chi connectivity index (χ2v) is 11.4. The predicted molar refractivity (Wildman–Crippen MR) is 138 cm³/mol. The number of hydrogen-bond donors (Lipinski definition) is 3. The van der Waals surface area contributed by atoms with Gasteiger partial charge in [-0.15, -0.1) is 0 Å². The van der Waals surface area contributed by atoms with Crippen molar-refractivity contribution in [1.82, 2.24) is 18.2 Å². The number of anilines is 2. The van der Waals surface area contributed by atoms with Crippen LogP contribution in [0.5, 0.6) is 0 Å². The van der Waals surface area contributed by atoms with Crippen LogP contribution in [0.2, 0.25) is 0 Å². The molecule has 2 heterocycles. The van der Waals surface area contributed by atoms with Gasteiger partial charge in [0.1, 0.15) is 29.6 Å². The molecule has 1 atom stereocenters. The third-order valence-corrected chi connectivity index (χ3v) is 8.57. The van der Waals surface area contributed by atoms with Gasteiger partial charge in [0.2, 0.25) is 11.5 Å². The number of pyridine rings is 2. The number of nitrogens with one attached hydrogen (secondary N) is 2. The maximum absolute atomic E-state index is 14.3. The molecular formula is C24H24F3N6O4S+. The molecule has 14 heteroatoms. The molecule has 2 aromatic carbocycles. The average Bonchev–Trinajstić information content (AvgIpc) is 2.84. The number of primary amides is 1. The molecule has 4 N–H and O–H groups in total. The van der Waals surface area contributed by atoms with Crippen molar-refractivity contribution in [3.05, 3.63) is 70.4 Å². The summed E-state index contributed by atoms with van der Waals surface area (Å²) in [6, 6.07) is 6.72. The Bertz CT molecular complexity index is 1740. The van der Waals surface area contributed by atoms with E-state index in [0.717, 1.165) is 10.4 Å². The van der Waals surface area contributed by atoms with Crippen LogP contribution < -0.4 is 20.5 Å². The summed E-state index contributed by atoms with van der Waals surface area (Å²) in [6.45, 7) is -0.160. The van der Waals surface area contributed by atoms with E-state index >= 15 is 0 Å². The van der Waals surface area contributed by atoms with Crippen molar-refractivity contribution < 1.29 is 26.4 Å². The fourth-order valence-electron chi connectivity index (χ4n) is 4.14. The van der Waals surface area contributed by atoms with Crippen LogP contribution in [0.4, 0.5) is 30.4 Å². The molecule has 0 radical (unpaired) electrons. The molecule has 4 rings (SSSR count). The smallest absolute Gasteiger partial charge is 0.369 e. The van der Waals surface area contributed by atoms with Crippen LogP contribution in [0.25, 0.3) is 21.7 Å². The second-order valence-electron chi connectivity index (χ2n) is 8.96. The molecule has 1 unspecified atom stereocenters. The predicted octanol–water partition coefficient (Wildman–Crippen LogP) is 2.86. The van der Waals surface area contributed by atoms with E-state index in [1.807, 2.05) is 0 Å². The Morgan fingerprint density at radius 3 is 2.34 bits per heavy atom. The number of fused-ring (bicyclic) bond motifs is 3. The fraction of sp³-hybridized carbons (Fsp3) is 0.208. The Hall–Kier alpha value is -4.01. The molecule has 0 aliphatic rings. The minimum atomic E-state index is -4.02. The highest BCUT2D eigenvalue weighted by molar-refractivity contribution is 7.88. The molecule has 4 aromatic rings. The van der Waals surface area contributed by atoms with E-state index in [1.54, 1.807) is 6.07 Å². The number of H-pyrrole nitrogens is 1. The molecule has 1 amide bonds. The monoisotopic (exact) mass is 549 g/mol. The van der Waals surface area contributed by atoms with Crippen molar-refractivity contribution >= 4 is 55.0 Å². The number of aromatic nitrogens is 2. The SMILES string of the molecule is CN(C)S(=O)(=O)[N+](C)(CCC(N)=O)c1ccc2nc(Nc3c(F)cc(F)cc3F)c3cc(=O)[nH]cc3c2c1. The molecule has 2 aromatic heterocycles. The van der Waals surface area contributed by atoms with Crippen molar-refractivity contribution in [2.45, 2.75) is 6.42 Å². The summed E-state index contributed by atoms with van der Waals surface area (Å²) in [6.07, 6.45) is 1.15. The molecule has 38 heavy (non-hydrogen) atoms. The standard InChI is InChI=1S/C24H23F3N6O4S/c1-32(2)38(36,37)33(3,7-6-21(28)34)14-4-5-20-15(10-14)17-12-29-22(35)11-16(17)24(30-20)31-23-18(26)8-13(25)9-19(23)27/h4-5,8-12H,6-7H2,1-3H3,(H3-,28,29,30,31,34,35)/p+1. The first-order valence-corrected chi connectivity index (χ1v) is 12.6. The highest BCUT2D eigenvalue weighted by Crippen LogP contribution is 2.36. The number of halogens is 3. The van der Waals surface area contributed by atoms with Gasteiger partial charge in [0.05, 0.1) is 19.0 Å². The molecule has 0 saturated heterocycles. The molecule has 0 aliphatic carbocycles. The zero-order valence-electron chi connectivity index (χ0n) is 20.5. The third kappa shape index (κ3) is 4.68.